The highest BCUT2D eigenvalue weighted by molar-refractivity contribution is 14.0. The van der Waals surface area contributed by atoms with Crippen LogP contribution in [-0.4, -0.2) is 69.6 Å². The Bertz CT molecular complexity index is 586. The third-order valence-corrected chi connectivity index (χ3v) is 4.39. The molecule has 1 aromatic carbocycles. The van der Waals surface area contributed by atoms with Gasteiger partial charge in [-0.2, -0.15) is 0 Å². The van der Waals surface area contributed by atoms with E-state index in [-0.39, 0.29) is 29.7 Å². The molecular formula is C19H32IN3O4. The predicted molar refractivity (Wildman–Crippen MR) is 117 cm³/mol. The molecule has 7 nitrogen and oxygen atoms in total. The summed E-state index contributed by atoms with van der Waals surface area (Å²) in [5, 5.41) is 13.4. The number of nitrogens with zero attached hydrogens (tertiary/aromatic N) is 2. The zero-order valence-electron chi connectivity index (χ0n) is 16.4. The molecule has 0 saturated carbocycles. The first kappa shape index (κ1) is 23.8. The number of phenols is 1. The first-order chi connectivity index (χ1) is 12.7. The van der Waals surface area contributed by atoms with Crippen molar-refractivity contribution in [2.75, 3.05) is 53.7 Å². The number of hydrogen-bond acceptors (Lipinski definition) is 5. The van der Waals surface area contributed by atoms with Gasteiger partial charge in [0, 0.05) is 38.2 Å². The van der Waals surface area contributed by atoms with E-state index in [4.69, 9.17) is 19.2 Å². The van der Waals surface area contributed by atoms with E-state index >= 15 is 0 Å². The molecule has 0 aromatic heterocycles. The Morgan fingerprint density at radius 3 is 2.85 bits per heavy atom. The Hall–Kier alpha value is -1.26. The zero-order chi connectivity index (χ0) is 18.8. The maximum absolute atomic E-state index is 10.0. The van der Waals surface area contributed by atoms with Crippen LogP contribution >= 0.6 is 24.0 Å². The zero-order valence-corrected chi connectivity index (χ0v) is 18.8. The van der Waals surface area contributed by atoms with Crippen molar-refractivity contribution in [1.82, 2.24) is 10.2 Å². The standard InChI is InChI=1S/C19H31N3O4.HI/c1-4-20-19(21-12-16-11-17(25-3)5-6-18(16)23)22-8-7-15(13-22)14-26-10-9-24-2;/h5-6,11,15,23H,4,7-10,12-14H2,1-3H3,(H,20,21);1H. The van der Waals surface area contributed by atoms with Gasteiger partial charge in [0.25, 0.3) is 0 Å². The van der Waals surface area contributed by atoms with Crippen molar-refractivity contribution in [3.05, 3.63) is 23.8 Å². The van der Waals surface area contributed by atoms with Crippen molar-refractivity contribution < 1.29 is 19.3 Å². The van der Waals surface area contributed by atoms with E-state index in [2.05, 4.69) is 17.1 Å². The SMILES string of the molecule is CCNC(=NCc1cc(OC)ccc1O)N1CCC(COCCOC)C1.I. The van der Waals surface area contributed by atoms with E-state index < -0.39 is 0 Å². The van der Waals surface area contributed by atoms with Crippen LogP contribution < -0.4 is 10.1 Å². The molecule has 2 rings (SSSR count). The molecule has 27 heavy (non-hydrogen) atoms. The van der Waals surface area contributed by atoms with Crippen LogP contribution in [0.15, 0.2) is 23.2 Å². The molecular weight excluding hydrogens is 461 g/mol. The average molecular weight is 493 g/mol. The van der Waals surface area contributed by atoms with E-state index in [1.807, 2.05) is 6.07 Å². The van der Waals surface area contributed by atoms with Crippen LogP contribution in [0.4, 0.5) is 0 Å². The fraction of sp³-hybridized carbons (Fsp3) is 0.632. The number of rotatable bonds is 9. The monoisotopic (exact) mass is 493 g/mol. The van der Waals surface area contributed by atoms with E-state index in [1.165, 1.54) is 0 Å². The summed E-state index contributed by atoms with van der Waals surface area (Å²) in [7, 11) is 3.29. The van der Waals surface area contributed by atoms with Crippen molar-refractivity contribution >= 4 is 29.9 Å². The summed E-state index contributed by atoms with van der Waals surface area (Å²) in [4.78, 5) is 6.96. The van der Waals surface area contributed by atoms with Gasteiger partial charge < -0.3 is 29.5 Å². The lowest BCUT2D eigenvalue weighted by Crippen LogP contribution is -2.40. The first-order valence-corrected chi connectivity index (χ1v) is 9.13. The lowest BCUT2D eigenvalue weighted by Gasteiger charge is -2.22. The van der Waals surface area contributed by atoms with Gasteiger partial charge in [0.05, 0.1) is 33.5 Å². The van der Waals surface area contributed by atoms with Gasteiger partial charge in [-0.05, 0) is 31.5 Å². The van der Waals surface area contributed by atoms with Crippen molar-refractivity contribution in [2.45, 2.75) is 19.9 Å². The predicted octanol–water partition coefficient (Wildman–Crippen LogP) is 2.47. The smallest absolute Gasteiger partial charge is 0.194 e. The molecule has 1 atom stereocenters. The molecule has 1 unspecified atom stereocenters. The highest BCUT2D eigenvalue weighted by atomic mass is 127. The number of benzene rings is 1. The Kier molecular flexibility index (Phi) is 11.5. The molecule has 2 N–H and O–H groups in total. The first-order valence-electron chi connectivity index (χ1n) is 9.13. The van der Waals surface area contributed by atoms with Crippen molar-refractivity contribution in [1.29, 1.82) is 0 Å². The van der Waals surface area contributed by atoms with Crippen LogP contribution in [0.5, 0.6) is 11.5 Å². The Balaban J connectivity index is 0.00000364. The summed E-state index contributed by atoms with van der Waals surface area (Å²) < 4.78 is 15.9. The lowest BCUT2D eigenvalue weighted by atomic mass is 10.1. The largest absolute Gasteiger partial charge is 0.508 e. The van der Waals surface area contributed by atoms with E-state index in [9.17, 15) is 5.11 Å². The van der Waals surface area contributed by atoms with Gasteiger partial charge >= 0.3 is 0 Å². The normalized spacial score (nSPS) is 16.9. The molecule has 1 aliphatic rings. The minimum atomic E-state index is 0. The second-order valence-electron chi connectivity index (χ2n) is 6.33. The molecule has 0 bridgehead atoms. The van der Waals surface area contributed by atoms with Gasteiger partial charge in [-0.15, -0.1) is 24.0 Å². The number of hydrogen-bond donors (Lipinski definition) is 2. The summed E-state index contributed by atoms with van der Waals surface area (Å²) in [6, 6.07) is 5.20. The molecule has 0 aliphatic carbocycles. The maximum Gasteiger partial charge on any atom is 0.194 e. The number of halogens is 1. The van der Waals surface area contributed by atoms with Crippen LogP contribution in [-0.2, 0) is 16.0 Å². The van der Waals surface area contributed by atoms with Crippen LogP contribution in [0.3, 0.4) is 0 Å². The number of aliphatic imine (C=N–C) groups is 1. The van der Waals surface area contributed by atoms with Gasteiger partial charge in [0.15, 0.2) is 5.96 Å². The molecule has 1 saturated heterocycles. The average Bonchev–Trinajstić information content (AvgIpc) is 3.12. The second-order valence-corrected chi connectivity index (χ2v) is 6.33. The topological polar surface area (TPSA) is 75.6 Å². The molecule has 8 heteroatoms. The van der Waals surface area contributed by atoms with Gasteiger partial charge in [-0.3, -0.25) is 0 Å². The molecule has 1 aromatic rings. The second kappa shape index (κ2) is 13.0. The van der Waals surface area contributed by atoms with Gasteiger partial charge in [0.2, 0.25) is 0 Å². The molecule has 1 aliphatic heterocycles. The number of nitrogens with one attached hydrogen (secondary N) is 1. The summed E-state index contributed by atoms with van der Waals surface area (Å²) in [5.41, 5.74) is 0.749. The van der Waals surface area contributed by atoms with Gasteiger partial charge in [-0.1, -0.05) is 0 Å². The molecule has 154 valence electrons. The number of guanidine groups is 1. The summed E-state index contributed by atoms with van der Waals surface area (Å²) in [6.45, 7) is 7.14. The van der Waals surface area contributed by atoms with Crippen LogP contribution in [0.25, 0.3) is 0 Å². The van der Waals surface area contributed by atoms with Crippen molar-refractivity contribution in [2.24, 2.45) is 10.9 Å². The number of phenolic OH excluding ortho intramolecular Hbond substituents is 1. The van der Waals surface area contributed by atoms with E-state index in [0.29, 0.717) is 31.4 Å². The highest BCUT2D eigenvalue weighted by Crippen LogP contribution is 2.24. The van der Waals surface area contributed by atoms with Crippen molar-refractivity contribution in [3.8, 4) is 11.5 Å². The summed E-state index contributed by atoms with van der Waals surface area (Å²) in [6.07, 6.45) is 1.09. The Morgan fingerprint density at radius 2 is 2.15 bits per heavy atom. The van der Waals surface area contributed by atoms with Crippen LogP contribution in [0.2, 0.25) is 0 Å². The fourth-order valence-electron chi connectivity index (χ4n) is 2.95. The molecule has 0 radical (unpaired) electrons. The van der Waals surface area contributed by atoms with E-state index in [0.717, 1.165) is 44.2 Å². The van der Waals surface area contributed by atoms with E-state index in [1.54, 1.807) is 26.4 Å². The summed E-state index contributed by atoms with van der Waals surface area (Å²) >= 11 is 0. The highest BCUT2D eigenvalue weighted by Gasteiger charge is 2.25. The molecule has 0 amide bonds. The maximum atomic E-state index is 10.0. The quantitative estimate of drug-likeness (QED) is 0.238. The number of methoxy groups -OCH3 is 2. The Labute approximate surface area is 179 Å². The number of ether oxygens (including phenoxy) is 3. The third-order valence-electron chi connectivity index (χ3n) is 4.39. The molecule has 0 spiro atoms. The number of aromatic hydroxyl groups is 1. The van der Waals surface area contributed by atoms with Gasteiger partial charge in [0.1, 0.15) is 11.5 Å². The lowest BCUT2D eigenvalue weighted by molar-refractivity contribution is 0.0536. The van der Waals surface area contributed by atoms with Crippen molar-refractivity contribution in [3.63, 3.8) is 0 Å². The summed E-state index contributed by atoms with van der Waals surface area (Å²) in [5.74, 6) is 2.32. The van der Waals surface area contributed by atoms with Gasteiger partial charge in [-0.25, -0.2) is 4.99 Å². The Morgan fingerprint density at radius 1 is 1.33 bits per heavy atom. The minimum absolute atomic E-state index is 0. The van der Waals surface area contributed by atoms with Crippen LogP contribution in [0.1, 0.15) is 18.9 Å². The molecule has 1 heterocycles. The number of likely N-dealkylation sites (tertiary alicyclic amines) is 1. The fourth-order valence-corrected chi connectivity index (χ4v) is 2.95. The van der Waals surface area contributed by atoms with Crippen LogP contribution in [0, 0.1) is 5.92 Å². The third kappa shape index (κ3) is 7.71. The molecule has 1 fully saturated rings. The minimum Gasteiger partial charge on any atom is -0.508 e.